The molecule has 102 valence electrons. The summed E-state index contributed by atoms with van der Waals surface area (Å²) in [6.45, 7) is 2.68. The van der Waals surface area contributed by atoms with Crippen molar-refractivity contribution in [3.63, 3.8) is 0 Å². The van der Waals surface area contributed by atoms with Gasteiger partial charge in [0.15, 0.2) is 0 Å². The smallest absolute Gasteiger partial charge is 0.142 e. The molecule has 0 aliphatic rings. The summed E-state index contributed by atoms with van der Waals surface area (Å²) in [5.41, 5.74) is 3.78. The van der Waals surface area contributed by atoms with E-state index in [-0.39, 0.29) is 5.82 Å². The van der Waals surface area contributed by atoms with Crippen LogP contribution in [0.3, 0.4) is 0 Å². The molecule has 0 bridgehead atoms. The quantitative estimate of drug-likeness (QED) is 0.792. The highest BCUT2D eigenvalue weighted by Crippen LogP contribution is 2.20. The molecule has 0 saturated heterocycles. The van der Waals surface area contributed by atoms with Crippen LogP contribution in [0.4, 0.5) is 4.39 Å². The monoisotopic (exact) mass is 270 g/mol. The Balaban J connectivity index is 1.88. The lowest BCUT2D eigenvalue weighted by molar-refractivity contribution is 0.611. The lowest BCUT2D eigenvalue weighted by Crippen LogP contribution is -2.05. The molecule has 4 nitrogen and oxygen atoms in total. The number of pyridine rings is 1. The molecule has 5 heteroatoms. The normalized spacial score (nSPS) is 10.9. The molecule has 1 N–H and O–H groups in total. The summed E-state index contributed by atoms with van der Waals surface area (Å²) in [5, 5.41) is 4.47. The molecule has 0 unspecified atom stereocenters. The lowest BCUT2D eigenvalue weighted by atomic mass is 10.2. The highest BCUT2D eigenvalue weighted by Gasteiger charge is 2.09. The van der Waals surface area contributed by atoms with E-state index >= 15 is 0 Å². The largest absolute Gasteiger partial charge is 0.367 e. The molecular formula is C15H15FN4. The molecule has 0 aliphatic heterocycles. The Labute approximate surface area is 116 Å². The maximum atomic E-state index is 13.3. The van der Waals surface area contributed by atoms with Crippen molar-refractivity contribution >= 4 is 0 Å². The van der Waals surface area contributed by atoms with E-state index in [1.165, 1.54) is 17.8 Å². The van der Waals surface area contributed by atoms with Crippen molar-refractivity contribution in [2.75, 3.05) is 0 Å². The first-order valence-corrected chi connectivity index (χ1v) is 6.49. The molecule has 0 fully saturated rings. The second kappa shape index (κ2) is 5.28. The Morgan fingerprint density at radius 3 is 2.95 bits per heavy atom. The van der Waals surface area contributed by atoms with Gasteiger partial charge in [0.1, 0.15) is 5.82 Å². The summed E-state index contributed by atoms with van der Waals surface area (Å²) in [5.74, 6) is -0.335. The van der Waals surface area contributed by atoms with Crippen molar-refractivity contribution in [1.29, 1.82) is 0 Å². The maximum absolute atomic E-state index is 13.3. The Morgan fingerprint density at radius 1 is 1.30 bits per heavy atom. The maximum Gasteiger partial charge on any atom is 0.142 e. The van der Waals surface area contributed by atoms with Gasteiger partial charge < -0.3 is 4.98 Å². The van der Waals surface area contributed by atoms with Gasteiger partial charge in [0.25, 0.3) is 0 Å². The first kappa shape index (κ1) is 12.6. The second-order valence-electron chi connectivity index (χ2n) is 4.76. The van der Waals surface area contributed by atoms with Crippen molar-refractivity contribution in [2.45, 2.75) is 19.9 Å². The first-order valence-electron chi connectivity index (χ1n) is 6.49. The molecule has 0 atom stereocenters. The average Bonchev–Trinajstić information content (AvgIpc) is 3.05. The number of H-pyrrole nitrogens is 1. The van der Waals surface area contributed by atoms with Gasteiger partial charge in [-0.15, -0.1) is 0 Å². The SMILES string of the molecule is Cc1cc(-c2cncc(F)c2)n(CCc2cc[nH]c2)n1. The minimum atomic E-state index is -0.335. The number of aromatic nitrogens is 4. The zero-order valence-electron chi connectivity index (χ0n) is 11.2. The Bertz CT molecular complexity index is 700. The molecule has 0 aliphatic carbocycles. The highest BCUT2D eigenvalue weighted by molar-refractivity contribution is 5.58. The molecule has 0 radical (unpaired) electrons. The predicted octanol–water partition coefficient (Wildman–Crippen LogP) is 2.96. The van der Waals surface area contributed by atoms with E-state index in [4.69, 9.17) is 0 Å². The predicted molar refractivity (Wildman–Crippen MR) is 74.6 cm³/mol. The van der Waals surface area contributed by atoms with Gasteiger partial charge in [-0.3, -0.25) is 9.67 Å². The van der Waals surface area contributed by atoms with Crippen LogP contribution in [0, 0.1) is 12.7 Å². The third-order valence-corrected chi connectivity index (χ3v) is 3.18. The number of aryl methyl sites for hydroxylation is 3. The third kappa shape index (κ3) is 2.61. The molecule has 3 aromatic heterocycles. The zero-order chi connectivity index (χ0) is 13.9. The molecule has 0 amide bonds. The molecule has 0 spiro atoms. The Kier molecular flexibility index (Phi) is 3.33. The van der Waals surface area contributed by atoms with Crippen LogP contribution in [0.25, 0.3) is 11.3 Å². The molecular weight excluding hydrogens is 255 g/mol. The zero-order valence-corrected chi connectivity index (χ0v) is 11.2. The van der Waals surface area contributed by atoms with E-state index in [9.17, 15) is 4.39 Å². The van der Waals surface area contributed by atoms with Crippen LogP contribution in [0.15, 0.2) is 43.0 Å². The van der Waals surface area contributed by atoms with Gasteiger partial charge in [-0.1, -0.05) is 0 Å². The number of hydrogen-bond donors (Lipinski definition) is 1. The standard InChI is InChI=1S/C15H15FN4/c1-11-6-15(13-7-14(16)10-18-9-13)20(19-11)5-3-12-2-4-17-8-12/h2,4,6-10,17H,3,5H2,1H3. The minimum absolute atomic E-state index is 0.335. The Hall–Kier alpha value is -2.43. The fourth-order valence-electron chi connectivity index (χ4n) is 2.25. The van der Waals surface area contributed by atoms with Crippen molar-refractivity contribution in [1.82, 2.24) is 19.7 Å². The molecule has 0 saturated carbocycles. The van der Waals surface area contributed by atoms with Gasteiger partial charge in [-0.05, 0) is 37.1 Å². The van der Waals surface area contributed by atoms with Gasteiger partial charge in [0, 0.05) is 30.7 Å². The number of nitrogens with one attached hydrogen (secondary N) is 1. The number of nitrogens with zero attached hydrogens (tertiary/aromatic N) is 3. The molecule has 3 heterocycles. The molecule has 0 aromatic carbocycles. The summed E-state index contributed by atoms with van der Waals surface area (Å²) in [6, 6.07) is 5.48. The van der Waals surface area contributed by atoms with Crippen molar-refractivity contribution in [2.24, 2.45) is 0 Å². The summed E-state index contributed by atoms with van der Waals surface area (Å²) < 4.78 is 15.2. The summed E-state index contributed by atoms with van der Waals surface area (Å²) in [7, 11) is 0. The van der Waals surface area contributed by atoms with Crippen LogP contribution >= 0.6 is 0 Å². The highest BCUT2D eigenvalue weighted by atomic mass is 19.1. The van der Waals surface area contributed by atoms with Gasteiger partial charge >= 0.3 is 0 Å². The van der Waals surface area contributed by atoms with E-state index in [1.54, 1.807) is 6.20 Å². The van der Waals surface area contributed by atoms with Crippen molar-refractivity contribution < 1.29 is 4.39 Å². The van der Waals surface area contributed by atoms with Crippen molar-refractivity contribution in [3.05, 3.63) is 60.1 Å². The van der Waals surface area contributed by atoms with Crippen LogP contribution < -0.4 is 0 Å². The van der Waals surface area contributed by atoms with Crippen LogP contribution in [-0.2, 0) is 13.0 Å². The minimum Gasteiger partial charge on any atom is -0.367 e. The lowest BCUT2D eigenvalue weighted by Gasteiger charge is -2.06. The Morgan fingerprint density at radius 2 is 2.20 bits per heavy atom. The van der Waals surface area contributed by atoms with Gasteiger partial charge in [-0.25, -0.2) is 4.39 Å². The van der Waals surface area contributed by atoms with Gasteiger partial charge in [0.2, 0.25) is 0 Å². The van der Waals surface area contributed by atoms with E-state index in [2.05, 4.69) is 15.1 Å². The van der Waals surface area contributed by atoms with E-state index in [0.29, 0.717) is 0 Å². The van der Waals surface area contributed by atoms with Crippen LogP contribution in [0.1, 0.15) is 11.3 Å². The van der Waals surface area contributed by atoms with Crippen LogP contribution in [0.2, 0.25) is 0 Å². The fraction of sp³-hybridized carbons (Fsp3) is 0.200. The number of rotatable bonds is 4. The molecule has 20 heavy (non-hydrogen) atoms. The van der Waals surface area contributed by atoms with Gasteiger partial charge in [0.05, 0.1) is 17.6 Å². The van der Waals surface area contributed by atoms with Gasteiger partial charge in [-0.2, -0.15) is 5.10 Å². The summed E-state index contributed by atoms with van der Waals surface area (Å²) in [6.07, 6.45) is 7.62. The number of hydrogen-bond acceptors (Lipinski definition) is 2. The second-order valence-corrected chi connectivity index (χ2v) is 4.76. The topological polar surface area (TPSA) is 46.5 Å². The van der Waals surface area contributed by atoms with Crippen molar-refractivity contribution in [3.8, 4) is 11.3 Å². The number of halogens is 1. The van der Waals surface area contributed by atoms with E-state index in [1.807, 2.05) is 36.1 Å². The summed E-state index contributed by atoms with van der Waals surface area (Å²) >= 11 is 0. The fourth-order valence-corrected chi connectivity index (χ4v) is 2.25. The average molecular weight is 270 g/mol. The van der Waals surface area contributed by atoms with E-state index in [0.717, 1.165) is 29.9 Å². The van der Waals surface area contributed by atoms with Crippen LogP contribution in [-0.4, -0.2) is 19.7 Å². The third-order valence-electron chi connectivity index (χ3n) is 3.18. The first-order chi connectivity index (χ1) is 9.72. The molecule has 3 rings (SSSR count). The van der Waals surface area contributed by atoms with Crippen LogP contribution in [0.5, 0.6) is 0 Å². The van der Waals surface area contributed by atoms with E-state index < -0.39 is 0 Å². The number of aromatic amines is 1. The molecule has 3 aromatic rings. The summed E-state index contributed by atoms with van der Waals surface area (Å²) in [4.78, 5) is 6.94.